The van der Waals surface area contributed by atoms with E-state index in [0.29, 0.717) is 0 Å². The Morgan fingerprint density at radius 2 is 0.818 bits per heavy atom. The van der Waals surface area contributed by atoms with Gasteiger partial charge in [-0.2, -0.15) is 0 Å². The number of rotatable bonds is 0. The van der Waals surface area contributed by atoms with E-state index in [4.69, 9.17) is 0 Å². The lowest BCUT2D eigenvalue weighted by atomic mass is 10.1. The van der Waals surface area contributed by atoms with Gasteiger partial charge in [0, 0.05) is 0 Å². The fourth-order valence-electron chi connectivity index (χ4n) is 1.48. The van der Waals surface area contributed by atoms with Crippen LogP contribution in [0, 0.1) is 19.3 Å². The van der Waals surface area contributed by atoms with E-state index >= 15 is 0 Å². The van der Waals surface area contributed by atoms with Crippen molar-refractivity contribution in [2.45, 2.75) is 51.4 Å². The fourth-order valence-corrected chi connectivity index (χ4v) is 1.48. The van der Waals surface area contributed by atoms with Crippen molar-refractivity contribution in [2.75, 3.05) is 0 Å². The Kier molecular flexibility index (Phi) is 5.53. The zero-order chi connectivity index (χ0) is 7.78. The van der Waals surface area contributed by atoms with Gasteiger partial charge in [0.1, 0.15) is 0 Å². The summed E-state index contributed by atoms with van der Waals surface area (Å²) in [5.41, 5.74) is 0. The molecular weight excluding hydrogens is 132 g/mol. The zero-order valence-corrected chi connectivity index (χ0v) is 7.39. The molecule has 0 unspecified atom stereocenters. The minimum Gasteiger partial charge on any atom is -0.0528 e. The zero-order valence-electron chi connectivity index (χ0n) is 7.39. The topological polar surface area (TPSA) is 0 Å². The molecule has 0 bridgehead atoms. The van der Waals surface area contributed by atoms with Crippen molar-refractivity contribution in [3.05, 3.63) is 19.3 Å². The highest BCUT2D eigenvalue weighted by Crippen LogP contribution is 2.14. The molecule has 11 heavy (non-hydrogen) atoms. The second-order valence-corrected chi connectivity index (χ2v) is 3.31. The first-order valence-corrected chi connectivity index (χ1v) is 4.95. The molecule has 1 aliphatic rings. The summed E-state index contributed by atoms with van der Waals surface area (Å²) in [6, 6.07) is 0. The van der Waals surface area contributed by atoms with E-state index in [1.807, 2.05) is 0 Å². The number of hydrogen-bond acceptors (Lipinski definition) is 0. The monoisotopic (exact) mass is 151 g/mol. The SMILES string of the molecule is [CH]1CC[CH]CCC[CH]CCC1. The van der Waals surface area contributed by atoms with Crippen LogP contribution in [0.4, 0.5) is 0 Å². The molecule has 0 aromatic rings. The van der Waals surface area contributed by atoms with E-state index in [2.05, 4.69) is 19.3 Å². The van der Waals surface area contributed by atoms with Crippen LogP contribution in [0.1, 0.15) is 51.4 Å². The molecule has 0 aromatic carbocycles. The molecule has 0 atom stereocenters. The maximum atomic E-state index is 2.45. The molecule has 1 saturated carbocycles. The summed E-state index contributed by atoms with van der Waals surface area (Å²) in [7, 11) is 0. The molecule has 0 N–H and O–H groups in total. The third-order valence-electron chi connectivity index (χ3n) is 2.21. The van der Waals surface area contributed by atoms with Crippen molar-refractivity contribution in [3.63, 3.8) is 0 Å². The summed E-state index contributed by atoms with van der Waals surface area (Å²) in [6.07, 6.45) is 18.0. The highest BCUT2D eigenvalue weighted by Gasteiger charge is 1.96. The van der Waals surface area contributed by atoms with Crippen molar-refractivity contribution in [3.8, 4) is 0 Å². The van der Waals surface area contributed by atoms with Crippen LogP contribution in [-0.4, -0.2) is 0 Å². The maximum Gasteiger partial charge on any atom is -0.0386 e. The van der Waals surface area contributed by atoms with Gasteiger partial charge in [-0.3, -0.25) is 0 Å². The third kappa shape index (κ3) is 5.29. The molecule has 0 nitrogen and oxygen atoms in total. The summed E-state index contributed by atoms with van der Waals surface area (Å²) in [5.74, 6) is 0. The lowest BCUT2D eigenvalue weighted by Crippen LogP contribution is -1.79. The minimum absolute atomic E-state index is 1.31. The Bertz CT molecular complexity index is 38.1. The van der Waals surface area contributed by atoms with Crippen LogP contribution in [0.2, 0.25) is 0 Å². The van der Waals surface area contributed by atoms with Gasteiger partial charge in [-0.25, -0.2) is 0 Å². The standard InChI is InChI=1S/C11H19/c1-2-4-6-8-10-11-9-7-5-3-1/h1,6,9H,2-5,7-8,10-11H2. The lowest BCUT2D eigenvalue weighted by molar-refractivity contribution is 0.726. The van der Waals surface area contributed by atoms with E-state index in [9.17, 15) is 0 Å². The van der Waals surface area contributed by atoms with Crippen LogP contribution >= 0.6 is 0 Å². The van der Waals surface area contributed by atoms with Gasteiger partial charge in [-0.15, -0.1) is 0 Å². The summed E-state index contributed by atoms with van der Waals surface area (Å²) in [5, 5.41) is 0. The van der Waals surface area contributed by atoms with Crippen LogP contribution < -0.4 is 0 Å². The molecule has 0 spiro atoms. The predicted molar refractivity (Wildman–Crippen MR) is 49.8 cm³/mol. The molecule has 0 heterocycles. The van der Waals surface area contributed by atoms with Gasteiger partial charge in [0.15, 0.2) is 0 Å². The van der Waals surface area contributed by atoms with Gasteiger partial charge in [0.2, 0.25) is 0 Å². The highest BCUT2D eigenvalue weighted by atomic mass is 14.0. The molecule has 0 aromatic heterocycles. The van der Waals surface area contributed by atoms with Crippen molar-refractivity contribution >= 4 is 0 Å². The molecule has 0 aliphatic heterocycles. The van der Waals surface area contributed by atoms with E-state index < -0.39 is 0 Å². The van der Waals surface area contributed by atoms with Crippen molar-refractivity contribution in [1.29, 1.82) is 0 Å². The lowest BCUT2D eigenvalue weighted by Gasteiger charge is -1.97. The second-order valence-electron chi connectivity index (χ2n) is 3.31. The Hall–Kier alpha value is 0. The second kappa shape index (κ2) is 6.69. The molecule has 1 aliphatic carbocycles. The average molecular weight is 151 g/mol. The maximum absolute atomic E-state index is 2.45. The molecule has 1 fully saturated rings. The van der Waals surface area contributed by atoms with Crippen molar-refractivity contribution in [1.82, 2.24) is 0 Å². The Morgan fingerprint density at radius 3 is 1.27 bits per heavy atom. The first-order valence-electron chi connectivity index (χ1n) is 4.95. The molecular formula is C11H19. The first kappa shape index (κ1) is 9.09. The molecule has 0 amide bonds. The summed E-state index contributed by atoms with van der Waals surface area (Å²) < 4.78 is 0. The average Bonchev–Trinajstić information content (AvgIpc) is 2.08. The van der Waals surface area contributed by atoms with Gasteiger partial charge >= 0.3 is 0 Å². The van der Waals surface area contributed by atoms with Gasteiger partial charge in [-0.05, 0) is 32.1 Å². The van der Waals surface area contributed by atoms with Crippen molar-refractivity contribution < 1.29 is 0 Å². The highest BCUT2D eigenvalue weighted by molar-refractivity contribution is 4.76. The van der Waals surface area contributed by atoms with Crippen LogP contribution in [0.15, 0.2) is 0 Å². The molecule has 0 heteroatoms. The quantitative estimate of drug-likeness (QED) is 0.495. The first-order chi connectivity index (χ1) is 5.50. The van der Waals surface area contributed by atoms with Crippen LogP contribution in [0.3, 0.4) is 0 Å². The van der Waals surface area contributed by atoms with E-state index in [-0.39, 0.29) is 0 Å². The third-order valence-corrected chi connectivity index (χ3v) is 2.21. The van der Waals surface area contributed by atoms with Crippen molar-refractivity contribution in [2.24, 2.45) is 0 Å². The normalized spacial score (nSPS) is 24.0. The Morgan fingerprint density at radius 1 is 0.455 bits per heavy atom. The Balaban J connectivity index is 2.02. The van der Waals surface area contributed by atoms with E-state index in [0.717, 1.165) is 0 Å². The van der Waals surface area contributed by atoms with Crippen LogP contribution in [0.25, 0.3) is 0 Å². The van der Waals surface area contributed by atoms with Gasteiger partial charge in [0.05, 0.1) is 0 Å². The largest absolute Gasteiger partial charge is 0.0528 e. The van der Waals surface area contributed by atoms with E-state index in [1.54, 1.807) is 0 Å². The minimum atomic E-state index is 1.31. The van der Waals surface area contributed by atoms with Crippen LogP contribution in [-0.2, 0) is 0 Å². The van der Waals surface area contributed by atoms with Crippen LogP contribution in [0.5, 0.6) is 0 Å². The predicted octanol–water partition coefficient (Wildman–Crippen LogP) is 3.73. The summed E-state index contributed by atoms with van der Waals surface area (Å²) in [4.78, 5) is 0. The molecule has 3 radical (unpaired) electrons. The van der Waals surface area contributed by atoms with Gasteiger partial charge in [-0.1, -0.05) is 38.5 Å². The van der Waals surface area contributed by atoms with E-state index in [1.165, 1.54) is 51.4 Å². The summed E-state index contributed by atoms with van der Waals surface area (Å²) in [6.45, 7) is 0. The molecule has 63 valence electrons. The molecule has 0 saturated heterocycles. The fraction of sp³-hybridized carbons (Fsp3) is 0.727. The Labute approximate surface area is 71.4 Å². The molecule has 1 rings (SSSR count). The van der Waals surface area contributed by atoms with Gasteiger partial charge < -0.3 is 0 Å². The summed E-state index contributed by atoms with van der Waals surface area (Å²) >= 11 is 0. The number of hydrogen-bond donors (Lipinski definition) is 0. The smallest absolute Gasteiger partial charge is 0.0386 e. The van der Waals surface area contributed by atoms with Gasteiger partial charge in [0.25, 0.3) is 0 Å².